The van der Waals surface area contributed by atoms with Gasteiger partial charge in [-0.25, -0.2) is 0 Å². The van der Waals surface area contributed by atoms with Crippen molar-refractivity contribution in [2.75, 3.05) is 0 Å². The minimum Gasteiger partial charge on any atom is -0.294 e. The summed E-state index contributed by atoms with van der Waals surface area (Å²) in [5, 5.41) is 0. The largest absolute Gasteiger partial charge is 0.294 e. The van der Waals surface area contributed by atoms with Gasteiger partial charge >= 0.3 is 0 Å². The van der Waals surface area contributed by atoms with Gasteiger partial charge in [-0.1, -0.05) is 40.2 Å². The molecule has 0 radical (unpaired) electrons. The molecule has 1 heteroatoms. The molecule has 86 valence electrons. The van der Waals surface area contributed by atoms with Crippen molar-refractivity contribution in [3.63, 3.8) is 0 Å². The Kier molecular flexibility index (Phi) is 4.12. The minimum absolute atomic E-state index is 0.0875. The van der Waals surface area contributed by atoms with Crippen LogP contribution in [0.4, 0.5) is 0 Å². The maximum atomic E-state index is 12.2. The van der Waals surface area contributed by atoms with Crippen molar-refractivity contribution < 1.29 is 4.79 Å². The smallest absolute Gasteiger partial charge is 0.161 e. The average molecular weight is 208 g/mol. The maximum absolute atomic E-state index is 12.2. The quantitative estimate of drug-likeness (QED) is 0.667. The predicted molar refractivity (Wildman–Crippen MR) is 64.8 cm³/mol. The second-order valence-corrected chi connectivity index (χ2v) is 5.78. The summed E-state index contributed by atoms with van der Waals surface area (Å²) < 4.78 is 0. The van der Waals surface area contributed by atoms with Crippen LogP contribution >= 0.6 is 0 Å². The number of Topliss-reactive ketones (excluding diaryl/α,β-unsaturated/α-hetero) is 1. The van der Waals surface area contributed by atoms with Crippen LogP contribution in [-0.4, -0.2) is 5.78 Å². The van der Waals surface area contributed by atoms with E-state index in [0.717, 1.165) is 18.4 Å². The average Bonchev–Trinajstić information content (AvgIpc) is 2.42. The van der Waals surface area contributed by atoms with E-state index in [1.807, 2.05) is 0 Å². The lowest BCUT2D eigenvalue weighted by Crippen LogP contribution is -2.27. The van der Waals surface area contributed by atoms with Crippen molar-refractivity contribution in [2.24, 2.45) is 11.3 Å². The van der Waals surface area contributed by atoms with Crippen LogP contribution < -0.4 is 0 Å². The van der Waals surface area contributed by atoms with E-state index in [-0.39, 0.29) is 11.3 Å². The SMILES string of the molecule is CC(C(=O)C1=CCCCCC1)C(C)(C)C. The molecule has 0 aromatic rings. The van der Waals surface area contributed by atoms with Gasteiger partial charge in [0.15, 0.2) is 5.78 Å². The van der Waals surface area contributed by atoms with Gasteiger partial charge in [0.05, 0.1) is 0 Å². The highest BCUT2D eigenvalue weighted by Crippen LogP contribution is 2.30. The van der Waals surface area contributed by atoms with Gasteiger partial charge < -0.3 is 0 Å². The molecular weight excluding hydrogens is 184 g/mol. The maximum Gasteiger partial charge on any atom is 0.161 e. The van der Waals surface area contributed by atoms with E-state index in [1.54, 1.807) is 0 Å². The fraction of sp³-hybridized carbons (Fsp3) is 0.786. The van der Waals surface area contributed by atoms with Gasteiger partial charge in [-0.15, -0.1) is 0 Å². The predicted octanol–water partition coefficient (Wildman–Crippen LogP) is 4.13. The zero-order chi connectivity index (χ0) is 11.5. The number of allylic oxidation sites excluding steroid dienone is 2. The Morgan fingerprint density at radius 3 is 2.53 bits per heavy atom. The zero-order valence-electron chi connectivity index (χ0n) is 10.6. The molecule has 0 bridgehead atoms. The minimum atomic E-state index is 0.0875. The summed E-state index contributed by atoms with van der Waals surface area (Å²) in [7, 11) is 0. The van der Waals surface area contributed by atoms with Gasteiger partial charge in [0.25, 0.3) is 0 Å². The van der Waals surface area contributed by atoms with Crippen molar-refractivity contribution in [3.05, 3.63) is 11.6 Å². The van der Waals surface area contributed by atoms with Crippen molar-refractivity contribution in [1.82, 2.24) is 0 Å². The summed E-state index contributed by atoms with van der Waals surface area (Å²) in [6.07, 6.45) is 7.99. The van der Waals surface area contributed by atoms with Crippen LogP contribution in [0.15, 0.2) is 11.6 Å². The highest BCUT2D eigenvalue weighted by atomic mass is 16.1. The number of hydrogen-bond donors (Lipinski definition) is 0. The normalized spacial score (nSPS) is 20.4. The number of carbonyl (C=O) groups is 1. The molecule has 0 aliphatic heterocycles. The summed E-state index contributed by atoms with van der Waals surface area (Å²) in [6, 6.07) is 0. The third-order valence-electron chi connectivity index (χ3n) is 3.55. The molecule has 0 aromatic carbocycles. The van der Waals surface area contributed by atoms with E-state index in [4.69, 9.17) is 0 Å². The number of hydrogen-bond acceptors (Lipinski definition) is 1. The fourth-order valence-electron chi connectivity index (χ4n) is 1.91. The summed E-state index contributed by atoms with van der Waals surface area (Å²) >= 11 is 0. The molecule has 1 aliphatic rings. The molecule has 1 unspecified atom stereocenters. The van der Waals surface area contributed by atoms with E-state index in [0.29, 0.717) is 5.78 Å². The first-order chi connectivity index (χ1) is 6.93. The molecule has 1 atom stereocenters. The molecule has 1 rings (SSSR count). The lowest BCUT2D eigenvalue weighted by Gasteiger charge is -2.26. The Bertz CT molecular complexity index is 255. The molecule has 0 N–H and O–H groups in total. The van der Waals surface area contributed by atoms with Crippen LogP contribution in [0.1, 0.15) is 59.8 Å². The van der Waals surface area contributed by atoms with Gasteiger partial charge in [-0.3, -0.25) is 4.79 Å². The molecule has 1 nitrogen and oxygen atoms in total. The van der Waals surface area contributed by atoms with E-state index < -0.39 is 0 Å². The Morgan fingerprint density at radius 2 is 1.93 bits per heavy atom. The van der Waals surface area contributed by atoms with Crippen LogP contribution in [0.2, 0.25) is 0 Å². The molecule has 0 fully saturated rings. The second-order valence-electron chi connectivity index (χ2n) is 5.78. The monoisotopic (exact) mass is 208 g/mol. The Hall–Kier alpha value is -0.590. The lowest BCUT2D eigenvalue weighted by molar-refractivity contribution is -0.121. The standard InChI is InChI=1S/C14H24O/c1-11(14(2,3)4)13(15)12-9-7-5-6-8-10-12/h9,11H,5-8,10H2,1-4H3. The zero-order valence-corrected chi connectivity index (χ0v) is 10.6. The number of carbonyl (C=O) groups excluding carboxylic acids is 1. The van der Waals surface area contributed by atoms with Crippen LogP contribution in [0.25, 0.3) is 0 Å². The van der Waals surface area contributed by atoms with Crippen molar-refractivity contribution in [2.45, 2.75) is 59.8 Å². The van der Waals surface area contributed by atoms with Gasteiger partial charge in [0, 0.05) is 5.92 Å². The van der Waals surface area contributed by atoms with Crippen LogP contribution in [0.3, 0.4) is 0 Å². The highest BCUT2D eigenvalue weighted by molar-refractivity contribution is 5.97. The van der Waals surface area contributed by atoms with E-state index >= 15 is 0 Å². The van der Waals surface area contributed by atoms with Gasteiger partial charge in [0.2, 0.25) is 0 Å². The number of rotatable bonds is 2. The summed E-state index contributed by atoms with van der Waals surface area (Å²) in [5.74, 6) is 0.520. The molecule has 1 aliphatic carbocycles. The Labute approximate surface area is 93.9 Å². The highest BCUT2D eigenvalue weighted by Gasteiger charge is 2.28. The number of ketones is 1. The summed E-state index contributed by atoms with van der Waals surface area (Å²) in [4.78, 5) is 12.2. The summed E-state index contributed by atoms with van der Waals surface area (Å²) in [5.41, 5.74) is 1.18. The van der Waals surface area contributed by atoms with Crippen molar-refractivity contribution in [1.29, 1.82) is 0 Å². The van der Waals surface area contributed by atoms with Crippen molar-refractivity contribution >= 4 is 5.78 Å². The Morgan fingerprint density at radius 1 is 1.27 bits per heavy atom. The first-order valence-corrected chi connectivity index (χ1v) is 6.16. The molecule has 0 heterocycles. The van der Waals surface area contributed by atoms with E-state index in [1.165, 1.54) is 19.3 Å². The van der Waals surface area contributed by atoms with E-state index in [9.17, 15) is 4.79 Å². The third-order valence-corrected chi connectivity index (χ3v) is 3.55. The second kappa shape index (κ2) is 4.96. The Balaban J connectivity index is 2.70. The van der Waals surface area contributed by atoms with Crippen LogP contribution in [-0.2, 0) is 4.79 Å². The van der Waals surface area contributed by atoms with Crippen molar-refractivity contribution in [3.8, 4) is 0 Å². The third kappa shape index (κ3) is 3.48. The molecule has 0 aromatic heterocycles. The molecule has 0 saturated carbocycles. The van der Waals surface area contributed by atoms with Crippen LogP contribution in [0, 0.1) is 11.3 Å². The lowest BCUT2D eigenvalue weighted by atomic mass is 9.77. The summed E-state index contributed by atoms with van der Waals surface area (Å²) in [6.45, 7) is 8.50. The van der Waals surface area contributed by atoms with Crippen LogP contribution in [0.5, 0.6) is 0 Å². The first kappa shape index (κ1) is 12.5. The fourth-order valence-corrected chi connectivity index (χ4v) is 1.91. The van der Waals surface area contributed by atoms with Gasteiger partial charge in [-0.2, -0.15) is 0 Å². The molecular formula is C14H24O. The molecule has 0 amide bonds. The van der Waals surface area contributed by atoms with Gasteiger partial charge in [-0.05, 0) is 36.7 Å². The molecule has 0 spiro atoms. The molecule has 0 saturated heterocycles. The topological polar surface area (TPSA) is 17.1 Å². The first-order valence-electron chi connectivity index (χ1n) is 6.16. The molecule has 15 heavy (non-hydrogen) atoms. The van der Waals surface area contributed by atoms with E-state index in [2.05, 4.69) is 33.8 Å². The van der Waals surface area contributed by atoms with Gasteiger partial charge in [0.1, 0.15) is 0 Å².